The lowest BCUT2D eigenvalue weighted by molar-refractivity contribution is 0.0807. The van der Waals surface area contributed by atoms with E-state index in [-0.39, 0.29) is 0 Å². The van der Waals surface area contributed by atoms with Crippen molar-refractivity contribution in [1.29, 1.82) is 0 Å². The van der Waals surface area contributed by atoms with E-state index in [4.69, 9.17) is 0 Å². The minimum absolute atomic E-state index is 0.435. The summed E-state index contributed by atoms with van der Waals surface area (Å²) in [6, 6.07) is 0. The first kappa shape index (κ1) is 12.2. The summed E-state index contributed by atoms with van der Waals surface area (Å²) < 4.78 is 0. The van der Waals surface area contributed by atoms with Crippen molar-refractivity contribution in [2.45, 2.75) is 67.2 Å². The van der Waals surface area contributed by atoms with Crippen LogP contribution < -0.4 is 0 Å². The zero-order valence-corrected chi connectivity index (χ0v) is 12.0. The van der Waals surface area contributed by atoms with Crippen molar-refractivity contribution >= 4 is 0 Å². The summed E-state index contributed by atoms with van der Waals surface area (Å²) in [5.41, 5.74) is 4.50. The second-order valence-corrected chi connectivity index (χ2v) is 7.18. The zero-order valence-electron chi connectivity index (χ0n) is 12.0. The monoisotopic (exact) mass is 220 g/mol. The summed E-state index contributed by atoms with van der Waals surface area (Å²) in [5.74, 6) is 1.61. The Morgan fingerprint density at radius 3 is 1.38 bits per heavy atom. The van der Waals surface area contributed by atoms with E-state index in [0.29, 0.717) is 10.8 Å². The van der Waals surface area contributed by atoms with Crippen molar-refractivity contribution in [3.05, 3.63) is 11.1 Å². The van der Waals surface area contributed by atoms with E-state index >= 15 is 0 Å². The molecule has 92 valence electrons. The highest BCUT2D eigenvalue weighted by molar-refractivity contribution is 5.33. The normalized spacial score (nSPS) is 37.1. The first-order chi connectivity index (χ1) is 7.29. The van der Waals surface area contributed by atoms with E-state index in [0.717, 1.165) is 11.8 Å². The van der Waals surface area contributed by atoms with Gasteiger partial charge in [-0.2, -0.15) is 0 Å². The van der Waals surface area contributed by atoms with Crippen LogP contribution in [0.2, 0.25) is 0 Å². The minimum atomic E-state index is 0.435. The number of allylic oxidation sites excluding steroid dienone is 2. The molecule has 0 amide bonds. The van der Waals surface area contributed by atoms with Crippen LogP contribution in [0.25, 0.3) is 0 Å². The van der Waals surface area contributed by atoms with Gasteiger partial charge in [0, 0.05) is 0 Å². The van der Waals surface area contributed by atoms with Gasteiger partial charge in [-0.15, -0.1) is 0 Å². The molecular formula is C16H28. The van der Waals surface area contributed by atoms with Gasteiger partial charge in [0.25, 0.3) is 0 Å². The van der Waals surface area contributed by atoms with Crippen molar-refractivity contribution in [2.75, 3.05) is 0 Å². The van der Waals surface area contributed by atoms with Crippen LogP contribution in [0.15, 0.2) is 11.1 Å². The summed E-state index contributed by atoms with van der Waals surface area (Å²) in [5, 5.41) is 0. The van der Waals surface area contributed by atoms with Gasteiger partial charge < -0.3 is 0 Å². The second-order valence-electron chi connectivity index (χ2n) is 7.18. The Hall–Kier alpha value is -0.260. The Kier molecular flexibility index (Phi) is 2.76. The maximum atomic E-state index is 2.48. The Morgan fingerprint density at radius 2 is 1.06 bits per heavy atom. The Morgan fingerprint density at radius 1 is 0.750 bits per heavy atom. The van der Waals surface area contributed by atoms with Gasteiger partial charge in [-0.1, -0.05) is 52.7 Å². The highest BCUT2D eigenvalue weighted by Gasteiger charge is 2.48. The lowest BCUT2D eigenvalue weighted by Crippen LogP contribution is -2.44. The van der Waals surface area contributed by atoms with Gasteiger partial charge in [-0.25, -0.2) is 0 Å². The quantitative estimate of drug-likeness (QED) is 0.492. The molecule has 0 fully saturated rings. The molecule has 0 bridgehead atoms. The molecule has 0 spiro atoms. The highest BCUT2D eigenvalue weighted by Crippen LogP contribution is 2.58. The highest BCUT2D eigenvalue weighted by atomic mass is 14.5. The average molecular weight is 220 g/mol. The van der Waals surface area contributed by atoms with E-state index in [1.807, 2.05) is 11.1 Å². The minimum Gasteiger partial charge on any atom is -0.0645 e. The molecule has 0 aromatic rings. The van der Waals surface area contributed by atoms with Crippen LogP contribution in [0, 0.1) is 22.7 Å². The Balaban J connectivity index is 2.56. The van der Waals surface area contributed by atoms with Crippen molar-refractivity contribution in [3.63, 3.8) is 0 Å². The van der Waals surface area contributed by atoms with Crippen molar-refractivity contribution in [2.24, 2.45) is 22.7 Å². The smallest absolute Gasteiger partial charge is 0.0113 e. The SMILES string of the molecule is CC1C(C)C(C)(C)C2=C(CCCC2)C1(C)C. The molecule has 0 heteroatoms. The van der Waals surface area contributed by atoms with Crippen LogP contribution >= 0.6 is 0 Å². The third kappa shape index (κ3) is 1.49. The van der Waals surface area contributed by atoms with Crippen LogP contribution in [-0.2, 0) is 0 Å². The van der Waals surface area contributed by atoms with E-state index in [2.05, 4.69) is 41.5 Å². The molecule has 2 atom stereocenters. The number of hydrogen-bond donors (Lipinski definition) is 0. The van der Waals surface area contributed by atoms with Gasteiger partial charge in [0.15, 0.2) is 0 Å². The van der Waals surface area contributed by atoms with Crippen LogP contribution in [0.5, 0.6) is 0 Å². The van der Waals surface area contributed by atoms with Crippen molar-refractivity contribution < 1.29 is 0 Å². The Labute approximate surface area is 102 Å². The lowest BCUT2D eigenvalue weighted by atomic mass is 9.51. The topological polar surface area (TPSA) is 0 Å². The molecule has 0 nitrogen and oxygen atoms in total. The molecule has 0 aromatic heterocycles. The summed E-state index contributed by atoms with van der Waals surface area (Å²) in [4.78, 5) is 0. The van der Waals surface area contributed by atoms with Gasteiger partial charge in [0.2, 0.25) is 0 Å². The van der Waals surface area contributed by atoms with Crippen LogP contribution in [0.1, 0.15) is 67.2 Å². The van der Waals surface area contributed by atoms with E-state index in [1.165, 1.54) is 25.7 Å². The summed E-state index contributed by atoms with van der Waals surface area (Å²) >= 11 is 0. The zero-order chi connectivity index (χ0) is 12.1. The van der Waals surface area contributed by atoms with Crippen molar-refractivity contribution in [1.82, 2.24) is 0 Å². The first-order valence-electron chi connectivity index (χ1n) is 7.02. The number of rotatable bonds is 0. The lowest BCUT2D eigenvalue weighted by Gasteiger charge is -2.54. The van der Waals surface area contributed by atoms with Crippen LogP contribution in [0.3, 0.4) is 0 Å². The van der Waals surface area contributed by atoms with Gasteiger partial charge in [0.05, 0.1) is 0 Å². The molecule has 0 radical (unpaired) electrons. The molecule has 2 aliphatic carbocycles. The molecule has 0 saturated carbocycles. The summed E-state index contributed by atoms with van der Waals surface area (Å²) in [6.45, 7) is 14.8. The fraction of sp³-hybridized carbons (Fsp3) is 0.875. The predicted molar refractivity (Wildman–Crippen MR) is 71.4 cm³/mol. The molecule has 0 heterocycles. The van der Waals surface area contributed by atoms with Crippen molar-refractivity contribution in [3.8, 4) is 0 Å². The average Bonchev–Trinajstić information content (AvgIpc) is 2.25. The molecule has 0 aliphatic heterocycles. The summed E-state index contributed by atoms with van der Waals surface area (Å²) in [6.07, 6.45) is 5.56. The molecule has 2 rings (SSSR count). The fourth-order valence-electron chi connectivity index (χ4n) is 4.13. The standard InChI is InChI=1S/C16H28/c1-11-12(2)16(5,6)14-10-8-7-9-13(14)15(11,3)4/h11-12H,7-10H2,1-6H3. The summed E-state index contributed by atoms with van der Waals surface area (Å²) in [7, 11) is 0. The maximum Gasteiger partial charge on any atom is -0.0113 e. The molecule has 16 heavy (non-hydrogen) atoms. The molecule has 2 aliphatic rings. The van der Waals surface area contributed by atoms with E-state index in [9.17, 15) is 0 Å². The maximum absolute atomic E-state index is 2.48. The van der Waals surface area contributed by atoms with E-state index < -0.39 is 0 Å². The molecule has 0 aromatic carbocycles. The largest absolute Gasteiger partial charge is 0.0645 e. The second kappa shape index (κ2) is 3.62. The Bertz CT molecular complexity index is 285. The van der Waals surface area contributed by atoms with E-state index in [1.54, 1.807) is 0 Å². The van der Waals surface area contributed by atoms with Gasteiger partial charge in [-0.05, 0) is 48.3 Å². The predicted octanol–water partition coefficient (Wildman–Crippen LogP) is 5.20. The first-order valence-corrected chi connectivity index (χ1v) is 7.02. The molecule has 0 saturated heterocycles. The molecule has 2 unspecified atom stereocenters. The van der Waals surface area contributed by atoms with Gasteiger partial charge in [0.1, 0.15) is 0 Å². The third-order valence-corrected chi connectivity index (χ3v) is 6.05. The van der Waals surface area contributed by atoms with Crippen LogP contribution in [-0.4, -0.2) is 0 Å². The molecule has 0 N–H and O–H groups in total. The molecular weight excluding hydrogens is 192 g/mol. The van der Waals surface area contributed by atoms with Crippen LogP contribution in [0.4, 0.5) is 0 Å². The number of hydrogen-bond acceptors (Lipinski definition) is 0. The fourth-order valence-corrected chi connectivity index (χ4v) is 4.13. The van der Waals surface area contributed by atoms with Gasteiger partial charge in [-0.3, -0.25) is 0 Å². The third-order valence-electron chi connectivity index (χ3n) is 6.05. The van der Waals surface area contributed by atoms with Gasteiger partial charge >= 0.3 is 0 Å².